The number of nitro benzene ring substituents is 1. The van der Waals surface area contributed by atoms with Crippen LogP contribution in [0.4, 0.5) is 14.9 Å². The molecule has 100 valence electrons. The van der Waals surface area contributed by atoms with E-state index >= 15 is 0 Å². The van der Waals surface area contributed by atoms with Crippen LogP contribution in [0.5, 0.6) is 0 Å². The molecule has 7 nitrogen and oxygen atoms in total. The molecule has 0 radical (unpaired) electrons. The Labute approximate surface area is 107 Å². The Morgan fingerprint density at radius 1 is 1.42 bits per heavy atom. The number of nitro groups is 1. The molecule has 3 amide bonds. The van der Waals surface area contributed by atoms with Gasteiger partial charge in [0.25, 0.3) is 5.91 Å². The molecular weight excluding hydrogens is 257 g/mol. The zero-order chi connectivity index (χ0) is 14.2. The lowest BCUT2D eigenvalue weighted by molar-refractivity contribution is -0.387. The lowest BCUT2D eigenvalue weighted by Crippen LogP contribution is -2.31. The summed E-state index contributed by atoms with van der Waals surface area (Å²) >= 11 is 0. The zero-order valence-electron chi connectivity index (χ0n) is 10.00. The van der Waals surface area contributed by atoms with Gasteiger partial charge in [-0.25, -0.2) is 4.79 Å². The summed E-state index contributed by atoms with van der Waals surface area (Å²) in [5.74, 6) is -1.37. The highest BCUT2D eigenvalue weighted by atomic mass is 19.1. The van der Waals surface area contributed by atoms with Crippen LogP contribution < -0.4 is 0 Å². The van der Waals surface area contributed by atoms with Gasteiger partial charge in [-0.1, -0.05) is 6.07 Å². The first kappa shape index (κ1) is 12.9. The molecule has 19 heavy (non-hydrogen) atoms. The number of amides is 3. The number of carbonyl (C=O) groups excluding carboxylic acids is 2. The fourth-order valence-corrected chi connectivity index (χ4v) is 1.80. The van der Waals surface area contributed by atoms with Gasteiger partial charge in [-0.3, -0.25) is 19.8 Å². The van der Waals surface area contributed by atoms with Crippen molar-refractivity contribution in [1.82, 2.24) is 9.80 Å². The Balaban J connectivity index is 2.21. The molecule has 1 heterocycles. The van der Waals surface area contributed by atoms with E-state index in [2.05, 4.69) is 0 Å². The van der Waals surface area contributed by atoms with Crippen LogP contribution >= 0.6 is 0 Å². The largest absolute Gasteiger partial charge is 0.327 e. The van der Waals surface area contributed by atoms with Crippen LogP contribution in [0.25, 0.3) is 0 Å². The van der Waals surface area contributed by atoms with Crippen molar-refractivity contribution in [2.45, 2.75) is 6.54 Å². The highest BCUT2D eigenvalue weighted by Gasteiger charge is 2.33. The van der Waals surface area contributed by atoms with E-state index in [1.165, 1.54) is 18.0 Å². The molecule has 0 aliphatic carbocycles. The molecule has 1 aliphatic rings. The van der Waals surface area contributed by atoms with E-state index in [0.717, 1.165) is 17.0 Å². The van der Waals surface area contributed by atoms with E-state index in [9.17, 15) is 24.1 Å². The molecule has 0 spiro atoms. The average Bonchev–Trinajstić information content (AvgIpc) is 2.56. The van der Waals surface area contributed by atoms with E-state index in [0.29, 0.717) is 5.56 Å². The van der Waals surface area contributed by atoms with Crippen molar-refractivity contribution in [1.29, 1.82) is 0 Å². The summed E-state index contributed by atoms with van der Waals surface area (Å²) < 4.78 is 13.4. The van der Waals surface area contributed by atoms with Crippen molar-refractivity contribution in [3.8, 4) is 0 Å². The number of likely N-dealkylation sites (N-methyl/N-ethyl adjacent to an activating group) is 1. The van der Waals surface area contributed by atoms with Crippen molar-refractivity contribution in [2.24, 2.45) is 0 Å². The summed E-state index contributed by atoms with van der Waals surface area (Å²) in [6.07, 6.45) is 0. The molecule has 0 atom stereocenters. The second-order valence-electron chi connectivity index (χ2n) is 4.16. The molecular formula is C11H10FN3O4. The molecule has 0 saturated carbocycles. The summed E-state index contributed by atoms with van der Waals surface area (Å²) in [5.41, 5.74) is -0.319. The minimum absolute atomic E-state index is 0.0195. The standard InChI is InChI=1S/C11H10FN3O4/c1-13-6-10(16)14(11(13)17)5-7-2-3-9(15(18)19)8(12)4-7/h2-4H,5-6H2,1H3. The number of benzene rings is 1. The minimum atomic E-state index is -0.991. The zero-order valence-corrected chi connectivity index (χ0v) is 10.00. The normalized spacial score (nSPS) is 15.3. The van der Waals surface area contributed by atoms with Crippen molar-refractivity contribution in [3.05, 3.63) is 39.7 Å². The summed E-state index contributed by atoms with van der Waals surface area (Å²) in [6, 6.07) is 2.82. The fourth-order valence-electron chi connectivity index (χ4n) is 1.80. The van der Waals surface area contributed by atoms with Crippen LogP contribution in [0.1, 0.15) is 5.56 Å². The molecule has 0 aromatic heterocycles. The number of halogens is 1. The molecule has 1 fully saturated rings. The van der Waals surface area contributed by atoms with Gasteiger partial charge in [-0.15, -0.1) is 0 Å². The van der Waals surface area contributed by atoms with E-state index in [4.69, 9.17) is 0 Å². The van der Waals surface area contributed by atoms with Crippen LogP contribution in [-0.2, 0) is 11.3 Å². The maximum Gasteiger partial charge on any atom is 0.327 e. The van der Waals surface area contributed by atoms with Gasteiger partial charge in [0, 0.05) is 13.1 Å². The van der Waals surface area contributed by atoms with Gasteiger partial charge >= 0.3 is 11.7 Å². The van der Waals surface area contributed by atoms with Gasteiger partial charge in [0.15, 0.2) is 0 Å². The highest BCUT2D eigenvalue weighted by molar-refractivity contribution is 6.01. The number of carbonyl (C=O) groups is 2. The van der Waals surface area contributed by atoms with Crippen LogP contribution in [-0.4, -0.2) is 40.3 Å². The van der Waals surface area contributed by atoms with Gasteiger partial charge in [-0.05, 0) is 11.6 Å². The number of imide groups is 1. The smallest absolute Gasteiger partial charge is 0.318 e. The number of hydrogen-bond donors (Lipinski definition) is 0. The van der Waals surface area contributed by atoms with Crippen LogP contribution in [0.3, 0.4) is 0 Å². The Hall–Kier alpha value is -2.51. The Bertz CT molecular complexity index is 575. The second kappa shape index (κ2) is 4.63. The third-order valence-electron chi connectivity index (χ3n) is 2.78. The molecule has 0 unspecified atom stereocenters. The first-order chi connectivity index (χ1) is 8.90. The topological polar surface area (TPSA) is 83.8 Å². The Kier molecular flexibility index (Phi) is 3.16. The van der Waals surface area contributed by atoms with Crippen LogP contribution in [0, 0.1) is 15.9 Å². The predicted octanol–water partition coefficient (Wildman–Crippen LogP) is 1.13. The molecule has 8 heteroatoms. The number of rotatable bonds is 3. The molecule has 0 bridgehead atoms. The quantitative estimate of drug-likeness (QED) is 0.467. The number of hydrogen-bond acceptors (Lipinski definition) is 4. The van der Waals surface area contributed by atoms with Gasteiger partial charge in [-0.2, -0.15) is 4.39 Å². The van der Waals surface area contributed by atoms with Gasteiger partial charge in [0.1, 0.15) is 6.54 Å². The maximum absolute atomic E-state index is 13.4. The van der Waals surface area contributed by atoms with E-state index in [-0.39, 0.29) is 19.0 Å². The van der Waals surface area contributed by atoms with E-state index in [1.54, 1.807) is 0 Å². The van der Waals surface area contributed by atoms with Crippen LogP contribution in [0.15, 0.2) is 18.2 Å². The highest BCUT2D eigenvalue weighted by Crippen LogP contribution is 2.20. The molecule has 1 aromatic rings. The predicted molar refractivity (Wildman–Crippen MR) is 61.6 cm³/mol. The molecule has 0 N–H and O–H groups in total. The first-order valence-electron chi connectivity index (χ1n) is 5.38. The average molecular weight is 267 g/mol. The summed E-state index contributed by atoms with van der Waals surface area (Å²) in [4.78, 5) is 35.0. The van der Waals surface area contributed by atoms with E-state index < -0.39 is 22.5 Å². The monoisotopic (exact) mass is 267 g/mol. The Morgan fingerprint density at radius 3 is 2.58 bits per heavy atom. The first-order valence-corrected chi connectivity index (χ1v) is 5.38. The lowest BCUT2D eigenvalue weighted by Gasteiger charge is -2.13. The van der Waals surface area contributed by atoms with Gasteiger partial charge in [0.05, 0.1) is 11.5 Å². The molecule has 1 saturated heterocycles. The summed E-state index contributed by atoms with van der Waals surface area (Å²) in [6.45, 7) is -0.120. The van der Waals surface area contributed by atoms with Crippen LogP contribution in [0.2, 0.25) is 0 Å². The summed E-state index contributed by atoms with van der Waals surface area (Å²) in [5, 5.41) is 10.5. The number of nitrogens with zero attached hydrogens (tertiary/aromatic N) is 3. The van der Waals surface area contributed by atoms with E-state index in [1.807, 2.05) is 0 Å². The Morgan fingerprint density at radius 2 is 2.11 bits per heavy atom. The third kappa shape index (κ3) is 2.37. The van der Waals surface area contributed by atoms with Gasteiger partial charge < -0.3 is 4.90 Å². The third-order valence-corrected chi connectivity index (χ3v) is 2.78. The maximum atomic E-state index is 13.4. The molecule has 1 aromatic carbocycles. The van der Waals surface area contributed by atoms with Crippen molar-refractivity contribution in [3.63, 3.8) is 0 Å². The van der Waals surface area contributed by atoms with Crippen molar-refractivity contribution < 1.29 is 18.9 Å². The molecule has 2 rings (SSSR count). The van der Waals surface area contributed by atoms with Gasteiger partial charge in [0.2, 0.25) is 5.82 Å². The van der Waals surface area contributed by atoms with Crippen molar-refractivity contribution in [2.75, 3.05) is 13.6 Å². The minimum Gasteiger partial charge on any atom is -0.318 e. The molecule has 1 aliphatic heterocycles. The second-order valence-corrected chi connectivity index (χ2v) is 4.16. The lowest BCUT2D eigenvalue weighted by atomic mass is 10.2. The summed E-state index contributed by atoms with van der Waals surface area (Å²) in [7, 11) is 1.48. The SMILES string of the molecule is CN1CC(=O)N(Cc2ccc([N+](=O)[O-])c(F)c2)C1=O. The number of urea groups is 1. The van der Waals surface area contributed by atoms with Crippen molar-refractivity contribution >= 4 is 17.6 Å². The fraction of sp³-hybridized carbons (Fsp3) is 0.273.